The van der Waals surface area contributed by atoms with Crippen molar-refractivity contribution in [3.8, 4) is 0 Å². The van der Waals surface area contributed by atoms with E-state index in [9.17, 15) is 26.3 Å². The fourth-order valence-electron chi connectivity index (χ4n) is 3.79. The molecule has 0 aromatic carbocycles. The summed E-state index contributed by atoms with van der Waals surface area (Å²) in [5, 5.41) is 0. The quantitative estimate of drug-likeness (QED) is 0.558. The molecule has 2 aliphatic carbocycles. The van der Waals surface area contributed by atoms with Gasteiger partial charge in [-0.1, -0.05) is 13.8 Å². The Hall–Kier alpha value is -0.395. The average Bonchev–Trinajstić information content (AvgIpc) is 2.82. The van der Waals surface area contributed by atoms with Crippen molar-refractivity contribution < 1.29 is 33.7 Å². The minimum Gasteiger partial charge on any atom is -0.429 e. The van der Waals surface area contributed by atoms with Gasteiger partial charge in [0.1, 0.15) is 0 Å². The Morgan fingerprint density at radius 2 is 1.57 bits per heavy atom. The van der Waals surface area contributed by atoms with Crippen LogP contribution >= 0.6 is 0 Å². The minimum atomic E-state index is -5.72. The first-order chi connectivity index (χ1) is 10.1. The molecule has 0 amide bonds. The van der Waals surface area contributed by atoms with Crippen LogP contribution in [0.1, 0.15) is 35.9 Å². The van der Waals surface area contributed by atoms with Crippen LogP contribution in [0.3, 0.4) is 0 Å². The predicted octanol–water partition coefficient (Wildman–Crippen LogP) is 4.27. The molecule has 8 heteroatoms. The maximum absolute atomic E-state index is 13.1. The van der Waals surface area contributed by atoms with E-state index in [1.807, 2.05) is 0 Å². The van der Waals surface area contributed by atoms with Crippen molar-refractivity contribution in [2.75, 3.05) is 0 Å². The van der Waals surface area contributed by atoms with E-state index >= 15 is 0 Å². The summed E-state index contributed by atoms with van der Waals surface area (Å²) < 4.78 is 98.6. The maximum atomic E-state index is 13.1. The molecule has 120 valence electrons. The summed E-state index contributed by atoms with van der Waals surface area (Å²) in [6, 6.07) is 0. The van der Waals surface area contributed by atoms with Crippen molar-refractivity contribution in [2.24, 2.45) is 29.5 Å². The highest BCUT2D eigenvalue weighted by Crippen LogP contribution is 2.59. The van der Waals surface area contributed by atoms with Crippen molar-refractivity contribution in [3.63, 3.8) is 0 Å². The van der Waals surface area contributed by atoms with Crippen molar-refractivity contribution >= 4 is 8.05 Å². The summed E-state index contributed by atoms with van der Waals surface area (Å²) in [5.74, 6) is -4.77. The number of halogens is 6. The summed E-state index contributed by atoms with van der Waals surface area (Å²) >= 11 is 0. The summed E-state index contributed by atoms with van der Waals surface area (Å²) in [4.78, 5) is 0. The zero-order chi connectivity index (χ0) is 18.1. The largest absolute Gasteiger partial charge is 0.429 e. The van der Waals surface area contributed by atoms with Gasteiger partial charge in [-0.25, -0.2) is 0 Å². The van der Waals surface area contributed by atoms with E-state index in [2.05, 4.69) is 12.7 Å². The third kappa shape index (κ3) is 2.47. The van der Waals surface area contributed by atoms with Gasteiger partial charge < -0.3 is 4.65 Å². The molecule has 21 heavy (non-hydrogen) atoms. The second-order valence-corrected chi connectivity index (χ2v) is 6.05. The molecule has 0 aromatic heterocycles. The van der Waals surface area contributed by atoms with E-state index < -0.39 is 53.9 Å². The molecule has 5 unspecified atom stereocenters. The Labute approximate surface area is 123 Å². The molecule has 0 heterocycles. The molecule has 0 saturated heterocycles. The lowest BCUT2D eigenvalue weighted by atomic mass is 9.71. The summed E-state index contributed by atoms with van der Waals surface area (Å²) in [5.41, 5.74) is -4.44. The third-order valence-corrected chi connectivity index (χ3v) is 5.15. The molecule has 0 spiro atoms. The lowest BCUT2D eigenvalue weighted by molar-refractivity contribution is -0.363. The highest BCUT2D eigenvalue weighted by Gasteiger charge is 2.72. The Morgan fingerprint density at radius 1 is 1.05 bits per heavy atom. The summed E-state index contributed by atoms with van der Waals surface area (Å²) in [6.07, 6.45) is -12.5. The molecule has 1 nitrogen and oxygen atoms in total. The molecule has 0 aromatic rings. The Morgan fingerprint density at radius 3 is 1.90 bits per heavy atom. The molecule has 2 fully saturated rings. The van der Waals surface area contributed by atoms with Gasteiger partial charge in [0.25, 0.3) is 8.05 Å². The molecule has 2 radical (unpaired) electrons. The van der Waals surface area contributed by atoms with Crippen LogP contribution in [0.15, 0.2) is 0 Å². The molecular formula is C13H17BF6O. The first-order valence-electron chi connectivity index (χ1n) is 7.63. The summed E-state index contributed by atoms with van der Waals surface area (Å²) in [6.45, 7) is 2.92. The Kier molecular flexibility index (Phi) is 3.43. The van der Waals surface area contributed by atoms with Crippen molar-refractivity contribution in [2.45, 2.75) is 51.1 Å². The fourth-order valence-corrected chi connectivity index (χ4v) is 3.79. The van der Waals surface area contributed by atoms with Gasteiger partial charge in [-0.15, -0.1) is 0 Å². The lowest BCUT2D eigenvalue weighted by Crippen LogP contribution is -2.59. The average molecular weight is 316 g/mol. The molecule has 2 bridgehead atoms. The predicted molar refractivity (Wildman–Crippen MR) is 64.3 cm³/mol. The fraction of sp³-hybridized carbons (Fsp3) is 1.00. The lowest BCUT2D eigenvalue weighted by Gasteiger charge is -2.41. The van der Waals surface area contributed by atoms with E-state index in [1.54, 1.807) is 0 Å². The van der Waals surface area contributed by atoms with Gasteiger partial charge in [0.2, 0.25) is 5.60 Å². The molecular weight excluding hydrogens is 297 g/mol. The van der Waals surface area contributed by atoms with Crippen LogP contribution in [0.25, 0.3) is 0 Å². The smallest absolute Gasteiger partial charge is 0.424 e. The highest BCUT2D eigenvalue weighted by molar-refractivity contribution is 5.98. The van der Waals surface area contributed by atoms with Crippen LogP contribution in [0.2, 0.25) is 0 Å². The number of hydrogen-bond donors (Lipinski definition) is 0. The number of rotatable bonds is 3. The second-order valence-electron chi connectivity index (χ2n) is 6.05. The van der Waals surface area contributed by atoms with Crippen molar-refractivity contribution in [3.05, 3.63) is 0 Å². The monoisotopic (exact) mass is 316 g/mol. The topological polar surface area (TPSA) is 9.23 Å². The van der Waals surface area contributed by atoms with E-state index in [-0.39, 0.29) is 12.8 Å². The molecule has 2 rings (SSSR count). The number of alkyl halides is 6. The molecule has 0 aliphatic heterocycles. The molecule has 2 saturated carbocycles. The van der Waals surface area contributed by atoms with Crippen LogP contribution in [0, 0.1) is 29.5 Å². The standard InChI is InChI=1S/C13H17BF6O/c1-6-7(2)10-4-8(6)3-9(10)5-11(21-14,12(15,16)17)13(18,19)20/h6-10H,3-5H2,1-2H3/i6D,7D. The Bertz CT molecular complexity index is 462. The zero-order valence-corrected chi connectivity index (χ0v) is 11.6. The van der Waals surface area contributed by atoms with Gasteiger partial charge in [-0.3, -0.25) is 0 Å². The number of hydrogen-bond acceptors (Lipinski definition) is 1. The Balaban J connectivity index is 2.35. The van der Waals surface area contributed by atoms with Gasteiger partial charge in [-0.2, -0.15) is 26.3 Å². The SMILES string of the molecule is [2H]C1(C)C2CC(CC(O[B])(C(F)(F)F)C(F)(F)F)C(C2)C1([2H])C. The van der Waals surface area contributed by atoms with Crippen molar-refractivity contribution in [1.82, 2.24) is 0 Å². The highest BCUT2D eigenvalue weighted by atomic mass is 19.4. The zero-order valence-electron chi connectivity index (χ0n) is 13.6. The van der Waals surface area contributed by atoms with E-state index in [4.69, 9.17) is 2.74 Å². The first kappa shape index (κ1) is 14.2. The maximum Gasteiger partial charge on any atom is 0.424 e. The molecule has 2 aliphatic rings. The van der Waals surface area contributed by atoms with Crippen LogP contribution < -0.4 is 0 Å². The van der Waals surface area contributed by atoms with Crippen LogP contribution in [0.4, 0.5) is 26.3 Å². The first-order valence-corrected chi connectivity index (χ1v) is 6.63. The summed E-state index contributed by atoms with van der Waals surface area (Å²) in [7, 11) is 4.45. The van der Waals surface area contributed by atoms with Crippen LogP contribution in [-0.2, 0) is 4.65 Å². The molecule has 0 N–H and O–H groups in total. The van der Waals surface area contributed by atoms with E-state index in [1.165, 1.54) is 13.8 Å². The number of fused-ring (bicyclic) bond motifs is 2. The van der Waals surface area contributed by atoms with Crippen LogP contribution in [-0.4, -0.2) is 26.0 Å². The van der Waals surface area contributed by atoms with Gasteiger partial charge >= 0.3 is 12.4 Å². The van der Waals surface area contributed by atoms with E-state index in [0.717, 1.165) is 0 Å². The van der Waals surface area contributed by atoms with Gasteiger partial charge in [0.15, 0.2) is 0 Å². The van der Waals surface area contributed by atoms with Crippen LogP contribution in [0.5, 0.6) is 0 Å². The van der Waals surface area contributed by atoms with Gasteiger partial charge in [0.05, 0.1) is 0 Å². The molecule has 5 atom stereocenters. The normalized spacial score (nSPS) is 45.6. The van der Waals surface area contributed by atoms with E-state index in [0.29, 0.717) is 0 Å². The van der Waals surface area contributed by atoms with Crippen molar-refractivity contribution in [1.29, 1.82) is 0 Å². The van der Waals surface area contributed by atoms with Gasteiger partial charge in [0, 0.05) is 2.74 Å². The second kappa shape index (κ2) is 5.06. The minimum absolute atomic E-state index is 0.0381. The van der Waals surface area contributed by atoms with Gasteiger partial charge in [-0.05, 0) is 48.8 Å². The third-order valence-electron chi connectivity index (χ3n) is 5.15.